The summed E-state index contributed by atoms with van der Waals surface area (Å²) in [6.07, 6.45) is 0. The van der Waals surface area contributed by atoms with Crippen LogP contribution in [0.15, 0.2) is 27.6 Å². The molecule has 0 bridgehead atoms. The van der Waals surface area contributed by atoms with E-state index in [-0.39, 0.29) is 29.2 Å². The molecule has 106 valence electrons. The minimum absolute atomic E-state index is 0.0164. The van der Waals surface area contributed by atoms with Crippen LogP contribution in [0.4, 0.5) is 0 Å². The summed E-state index contributed by atoms with van der Waals surface area (Å²) < 4.78 is 28.5. The van der Waals surface area contributed by atoms with Crippen molar-refractivity contribution in [2.24, 2.45) is 0 Å². The SMILES string of the molecule is CC(C)NC(=O)COc1ccc(Br)cc1S(=O)(=O)Cl. The summed E-state index contributed by atoms with van der Waals surface area (Å²) in [7, 11) is 1.36. The van der Waals surface area contributed by atoms with Crippen LogP contribution in [0.2, 0.25) is 0 Å². The van der Waals surface area contributed by atoms with E-state index < -0.39 is 9.05 Å². The molecular weight excluding hydrogens is 358 g/mol. The maximum Gasteiger partial charge on any atom is 0.265 e. The van der Waals surface area contributed by atoms with Crippen LogP contribution < -0.4 is 10.1 Å². The third-order valence-corrected chi connectivity index (χ3v) is 3.81. The van der Waals surface area contributed by atoms with E-state index >= 15 is 0 Å². The summed E-state index contributed by atoms with van der Waals surface area (Å²) in [4.78, 5) is 11.2. The minimum atomic E-state index is -3.94. The van der Waals surface area contributed by atoms with Crippen molar-refractivity contribution in [3.63, 3.8) is 0 Å². The van der Waals surface area contributed by atoms with Crippen LogP contribution in [-0.2, 0) is 13.8 Å². The fourth-order valence-electron chi connectivity index (χ4n) is 1.30. The van der Waals surface area contributed by atoms with Gasteiger partial charge in [0.05, 0.1) is 0 Å². The van der Waals surface area contributed by atoms with Gasteiger partial charge in [-0.25, -0.2) is 8.42 Å². The Bertz CT molecular complexity index is 574. The van der Waals surface area contributed by atoms with Crippen LogP contribution in [0.25, 0.3) is 0 Å². The second-order valence-electron chi connectivity index (χ2n) is 4.04. The molecule has 0 aliphatic heterocycles. The molecule has 0 saturated heterocycles. The molecule has 0 aliphatic carbocycles. The normalized spacial score (nSPS) is 11.4. The number of carbonyl (C=O) groups is 1. The van der Waals surface area contributed by atoms with Gasteiger partial charge in [0.25, 0.3) is 15.0 Å². The second kappa shape index (κ2) is 6.58. The lowest BCUT2D eigenvalue weighted by Crippen LogP contribution is -2.34. The Kier molecular flexibility index (Phi) is 5.64. The molecule has 1 aromatic rings. The molecule has 1 amide bonds. The number of hydrogen-bond donors (Lipinski definition) is 1. The molecule has 0 heterocycles. The Hall–Kier alpha value is -0.790. The van der Waals surface area contributed by atoms with Crippen molar-refractivity contribution in [2.45, 2.75) is 24.8 Å². The lowest BCUT2D eigenvalue weighted by molar-refractivity contribution is -0.123. The summed E-state index contributed by atoms with van der Waals surface area (Å²) in [5.41, 5.74) is 0. The molecule has 0 atom stereocenters. The maximum absolute atomic E-state index is 11.4. The zero-order chi connectivity index (χ0) is 14.6. The van der Waals surface area contributed by atoms with Crippen LogP contribution >= 0.6 is 26.6 Å². The standard InChI is InChI=1S/C11H13BrClNO4S/c1-7(2)14-11(15)6-18-9-4-3-8(12)5-10(9)19(13,16)17/h3-5,7H,6H2,1-2H3,(H,14,15). The monoisotopic (exact) mass is 369 g/mol. The summed E-state index contributed by atoms with van der Waals surface area (Å²) in [5, 5.41) is 2.63. The van der Waals surface area contributed by atoms with Crippen LogP contribution in [0.3, 0.4) is 0 Å². The summed E-state index contributed by atoms with van der Waals surface area (Å²) in [5.74, 6) is -0.298. The highest BCUT2D eigenvalue weighted by molar-refractivity contribution is 9.10. The smallest absolute Gasteiger partial charge is 0.265 e. The van der Waals surface area contributed by atoms with E-state index in [1.807, 2.05) is 13.8 Å². The van der Waals surface area contributed by atoms with Gasteiger partial charge in [0.15, 0.2) is 6.61 Å². The molecule has 8 heteroatoms. The predicted octanol–water partition coefficient (Wildman–Crippen LogP) is 2.28. The van der Waals surface area contributed by atoms with Gasteiger partial charge < -0.3 is 10.1 Å². The van der Waals surface area contributed by atoms with Gasteiger partial charge in [-0.15, -0.1) is 0 Å². The number of benzene rings is 1. The first-order valence-corrected chi connectivity index (χ1v) is 8.46. The van der Waals surface area contributed by atoms with Gasteiger partial charge in [0.1, 0.15) is 10.6 Å². The van der Waals surface area contributed by atoms with Crippen molar-refractivity contribution >= 4 is 41.6 Å². The largest absolute Gasteiger partial charge is 0.482 e. The van der Waals surface area contributed by atoms with E-state index in [4.69, 9.17) is 15.4 Å². The van der Waals surface area contributed by atoms with Gasteiger partial charge in [-0.3, -0.25) is 4.79 Å². The van der Waals surface area contributed by atoms with Gasteiger partial charge in [0, 0.05) is 21.2 Å². The molecule has 1 aromatic carbocycles. The minimum Gasteiger partial charge on any atom is -0.482 e. The zero-order valence-electron chi connectivity index (χ0n) is 10.3. The number of halogens is 2. The fraction of sp³-hybridized carbons (Fsp3) is 0.364. The molecule has 5 nitrogen and oxygen atoms in total. The van der Waals surface area contributed by atoms with Crippen LogP contribution in [0.1, 0.15) is 13.8 Å². The average molecular weight is 371 g/mol. The molecule has 0 aliphatic rings. The van der Waals surface area contributed by atoms with Gasteiger partial charge in [-0.1, -0.05) is 15.9 Å². The fourth-order valence-corrected chi connectivity index (χ4v) is 2.81. The van der Waals surface area contributed by atoms with Gasteiger partial charge >= 0.3 is 0 Å². The first-order valence-electron chi connectivity index (χ1n) is 5.36. The highest BCUT2D eigenvalue weighted by Gasteiger charge is 2.18. The summed E-state index contributed by atoms with van der Waals surface area (Å²) >= 11 is 3.14. The number of hydrogen-bond acceptors (Lipinski definition) is 4. The quantitative estimate of drug-likeness (QED) is 0.807. The Balaban J connectivity index is 2.88. The number of carbonyl (C=O) groups excluding carboxylic acids is 1. The second-order valence-corrected chi connectivity index (χ2v) is 7.49. The molecule has 1 N–H and O–H groups in total. The lowest BCUT2D eigenvalue weighted by atomic mass is 10.3. The molecule has 0 radical (unpaired) electrons. The Morgan fingerprint density at radius 3 is 2.63 bits per heavy atom. The van der Waals surface area contributed by atoms with Crippen molar-refractivity contribution in [1.29, 1.82) is 0 Å². The summed E-state index contributed by atoms with van der Waals surface area (Å²) in [6.45, 7) is 3.34. The topological polar surface area (TPSA) is 72.5 Å². The van der Waals surface area contributed by atoms with Crippen molar-refractivity contribution in [2.75, 3.05) is 6.61 Å². The number of rotatable bonds is 5. The Labute approximate surface area is 124 Å². The van der Waals surface area contributed by atoms with E-state index in [9.17, 15) is 13.2 Å². The molecule has 0 saturated carbocycles. The molecule has 0 unspecified atom stereocenters. The molecule has 0 aromatic heterocycles. The Morgan fingerprint density at radius 1 is 1.47 bits per heavy atom. The van der Waals surface area contributed by atoms with Crippen molar-refractivity contribution < 1.29 is 17.9 Å². The predicted molar refractivity (Wildman–Crippen MR) is 76.0 cm³/mol. The van der Waals surface area contributed by atoms with Gasteiger partial charge in [-0.05, 0) is 32.0 Å². The third kappa shape index (κ3) is 5.38. The van der Waals surface area contributed by atoms with Gasteiger partial charge in [-0.2, -0.15) is 0 Å². The first-order chi connectivity index (χ1) is 8.70. The highest BCUT2D eigenvalue weighted by Crippen LogP contribution is 2.29. The van der Waals surface area contributed by atoms with E-state index in [1.54, 1.807) is 6.07 Å². The number of ether oxygens (including phenoxy) is 1. The highest BCUT2D eigenvalue weighted by atomic mass is 79.9. The Morgan fingerprint density at radius 2 is 2.11 bits per heavy atom. The van der Waals surface area contributed by atoms with Crippen LogP contribution in [-0.4, -0.2) is 27.0 Å². The third-order valence-electron chi connectivity index (χ3n) is 1.98. The number of nitrogens with one attached hydrogen (secondary N) is 1. The first kappa shape index (κ1) is 16.3. The molecular formula is C11H13BrClNO4S. The van der Waals surface area contributed by atoms with E-state index in [2.05, 4.69) is 21.2 Å². The zero-order valence-corrected chi connectivity index (χ0v) is 13.5. The molecule has 19 heavy (non-hydrogen) atoms. The average Bonchev–Trinajstić information content (AvgIpc) is 2.25. The van der Waals surface area contributed by atoms with Crippen LogP contribution in [0.5, 0.6) is 5.75 Å². The van der Waals surface area contributed by atoms with Crippen molar-refractivity contribution in [3.05, 3.63) is 22.7 Å². The van der Waals surface area contributed by atoms with E-state index in [1.165, 1.54) is 12.1 Å². The lowest BCUT2D eigenvalue weighted by Gasteiger charge is -2.11. The molecule has 1 rings (SSSR count). The van der Waals surface area contributed by atoms with Crippen LogP contribution in [0, 0.1) is 0 Å². The van der Waals surface area contributed by atoms with E-state index in [0.717, 1.165) is 0 Å². The maximum atomic E-state index is 11.4. The molecule has 0 fully saturated rings. The molecule has 0 spiro atoms. The van der Waals surface area contributed by atoms with Crippen molar-refractivity contribution in [3.8, 4) is 5.75 Å². The van der Waals surface area contributed by atoms with Crippen molar-refractivity contribution in [1.82, 2.24) is 5.32 Å². The van der Waals surface area contributed by atoms with E-state index in [0.29, 0.717) is 4.47 Å². The van der Waals surface area contributed by atoms with Gasteiger partial charge in [0.2, 0.25) is 0 Å². The summed E-state index contributed by atoms with van der Waals surface area (Å²) in [6, 6.07) is 4.33. The number of amides is 1.